The van der Waals surface area contributed by atoms with E-state index in [1.807, 2.05) is 6.07 Å². The molecule has 1 N–H and O–H groups in total. The van der Waals surface area contributed by atoms with E-state index in [0.717, 1.165) is 44.0 Å². The van der Waals surface area contributed by atoms with Crippen molar-refractivity contribution in [2.45, 2.75) is 22.3 Å². The van der Waals surface area contributed by atoms with Gasteiger partial charge in [-0.1, -0.05) is 17.8 Å². The van der Waals surface area contributed by atoms with Gasteiger partial charge in [0.15, 0.2) is 0 Å². The molecule has 3 nitrogen and oxygen atoms in total. The fraction of sp³-hybridized carbons (Fsp3) is 0.400. The Hall–Kier alpha value is -0.670. The number of halogens is 2. The van der Waals surface area contributed by atoms with E-state index in [-0.39, 0.29) is 12.4 Å². The Morgan fingerprint density at radius 2 is 1.88 bits per heavy atom. The summed E-state index contributed by atoms with van der Waals surface area (Å²) in [7, 11) is 0. The molecule has 0 aromatic heterocycles. The molecule has 0 radical (unpaired) electrons. The van der Waals surface area contributed by atoms with Crippen molar-refractivity contribution in [1.82, 2.24) is 9.80 Å². The van der Waals surface area contributed by atoms with E-state index < -0.39 is 0 Å². The Kier molecular flexibility index (Phi) is 5.85. The summed E-state index contributed by atoms with van der Waals surface area (Å²) in [6.45, 7) is 4.94. The Morgan fingerprint density at radius 3 is 2.65 bits per heavy atom. The third kappa shape index (κ3) is 3.94. The molecule has 4 rings (SSSR count). The van der Waals surface area contributed by atoms with Crippen molar-refractivity contribution >= 4 is 34.4 Å². The smallest absolute Gasteiger partial charge is 0.124 e. The molecule has 1 atom stereocenters. The predicted octanol–water partition coefficient (Wildman–Crippen LogP) is 3.79. The molecule has 138 valence electrons. The molecule has 0 saturated carbocycles. The van der Waals surface area contributed by atoms with Gasteiger partial charge in [0.05, 0.1) is 6.61 Å². The second kappa shape index (κ2) is 8.14. The van der Waals surface area contributed by atoms with Crippen molar-refractivity contribution < 1.29 is 9.50 Å². The lowest BCUT2D eigenvalue weighted by Gasteiger charge is -2.39. The van der Waals surface area contributed by atoms with Crippen LogP contribution in [0.15, 0.2) is 46.2 Å². The van der Waals surface area contributed by atoms with Crippen LogP contribution in [0.2, 0.25) is 0 Å². The third-order valence-electron chi connectivity index (χ3n) is 5.26. The lowest BCUT2D eigenvalue weighted by molar-refractivity contribution is 0.0823. The molecule has 1 saturated heterocycles. The maximum absolute atomic E-state index is 13.8. The molecule has 2 aliphatic rings. The summed E-state index contributed by atoms with van der Waals surface area (Å²) in [6.07, 6.45) is 0.912. The largest absolute Gasteiger partial charge is 0.395 e. The maximum Gasteiger partial charge on any atom is 0.124 e. The topological polar surface area (TPSA) is 26.7 Å². The minimum absolute atomic E-state index is 0.167. The zero-order valence-corrected chi connectivity index (χ0v) is 17.5. The van der Waals surface area contributed by atoms with E-state index in [1.54, 1.807) is 23.9 Å². The molecule has 0 bridgehead atoms. The SMILES string of the molecule is OCCN1CCN(C2Cc3ccc(F)cc3Sc3ccc(I)cc32)CC1. The quantitative estimate of drug-likeness (QED) is 0.671. The Bertz CT molecular complexity index is 795. The van der Waals surface area contributed by atoms with E-state index >= 15 is 0 Å². The zero-order valence-electron chi connectivity index (χ0n) is 14.5. The van der Waals surface area contributed by atoms with Gasteiger partial charge in [-0.05, 0) is 70.5 Å². The Balaban J connectivity index is 1.67. The fourth-order valence-electron chi connectivity index (χ4n) is 3.87. The summed E-state index contributed by atoms with van der Waals surface area (Å²) in [5, 5.41) is 9.17. The van der Waals surface area contributed by atoms with Crippen LogP contribution in [-0.2, 0) is 6.42 Å². The molecule has 2 aromatic rings. The molecular formula is C20H22FIN2OS. The summed E-state index contributed by atoms with van der Waals surface area (Å²) >= 11 is 4.06. The molecule has 2 heterocycles. The van der Waals surface area contributed by atoms with Gasteiger partial charge in [-0.2, -0.15) is 0 Å². The normalized spacial score (nSPS) is 21.1. The van der Waals surface area contributed by atoms with Crippen LogP contribution in [-0.4, -0.2) is 54.2 Å². The molecule has 2 aliphatic heterocycles. The molecule has 0 spiro atoms. The van der Waals surface area contributed by atoms with Gasteiger partial charge in [0.1, 0.15) is 5.82 Å². The number of fused-ring (bicyclic) bond motifs is 2. The molecule has 6 heteroatoms. The fourth-order valence-corrected chi connectivity index (χ4v) is 5.52. The van der Waals surface area contributed by atoms with Crippen LogP contribution >= 0.6 is 34.4 Å². The standard InChI is InChI=1S/C20H22FIN2OS/c21-15-2-1-14-11-18(24-7-5-23(6-8-24)9-10-25)17-13-16(22)3-4-19(17)26-20(14)12-15/h1-4,12-13,18,25H,5-11H2. The first kappa shape index (κ1) is 18.7. The number of aliphatic hydroxyl groups excluding tert-OH is 1. The average molecular weight is 484 g/mol. The minimum Gasteiger partial charge on any atom is -0.395 e. The Labute approximate surface area is 171 Å². The van der Waals surface area contributed by atoms with Crippen LogP contribution in [0.5, 0.6) is 0 Å². The first-order chi connectivity index (χ1) is 12.6. The minimum atomic E-state index is -0.167. The number of hydrogen-bond acceptors (Lipinski definition) is 4. The number of benzene rings is 2. The first-order valence-electron chi connectivity index (χ1n) is 8.97. The average Bonchev–Trinajstić information content (AvgIpc) is 2.79. The molecular weight excluding hydrogens is 462 g/mol. The van der Waals surface area contributed by atoms with Gasteiger partial charge in [-0.25, -0.2) is 4.39 Å². The monoisotopic (exact) mass is 484 g/mol. The van der Waals surface area contributed by atoms with E-state index in [2.05, 4.69) is 50.6 Å². The third-order valence-corrected chi connectivity index (χ3v) is 7.12. The van der Waals surface area contributed by atoms with E-state index in [4.69, 9.17) is 0 Å². The number of nitrogens with zero attached hydrogens (tertiary/aromatic N) is 2. The van der Waals surface area contributed by atoms with Crippen molar-refractivity contribution in [3.8, 4) is 0 Å². The summed E-state index contributed by atoms with van der Waals surface area (Å²) in [5.74, 6) is -0.167. The molecule has 1 fully saturated rings. The number of aliphatic hydroxyl groups is 1. The van der Waals surface area contributed by atoms with Gasteiger partial charge < -0.3 is 5.11 Å². The highest BCUT2D eigenvalue weighted by Gasteiger charge is 2.30. The van der Waals surface area contributed by atoms with Crippen LogP contribution < -0.4 is 0 Å². The summed E-state index contributed by atoms with van der Waals surface area (Å²) in [5.41, 5.74) is 2.58. The van der Waals surface area contributed by atoms with Crippen LogP contribution in [0.4, 0.5) is 4.39 Å². The first-order valence-corrected chi connectivity index (χ1v) is 10.9. The van der Waals surface area contributed by atoms with Crippen molar-refractivity contribution in [1.29, 1.82) is 0 Å². The van der Waals surface area contributed by atoms with Gasteiger partial charge in [-0.15, -0.1) is 0 Å². The molecule has 26 heavy (non-hydrogen) atoms. The van der Waals surface area contributed by atoms with Crippen molar-refractivity contribution in [3.05, 3.63) is 56.9 Å². The van der Waals surface area contributed by atoms with Crippen LogP contribution in [0, 0.1) is 9.39 Å². The van der Waals surface area contributed by atoms with Gasteiger partial charge in [0.25, 0.3) is 0 Å². The molecule has 2 aromatic carbocycles. The highest BCUT2D eigenvalue weighted by atomic mass is 127. The van der Waals surface area contributed by atoms with Gasteiger partial charge >= 0.3 is 0 Å². The van der Waals surface area contributed by atoms with E-state index in [0.29, 0.717) is 6.04 Å². The lowest BCUT2D eigenvalue weighted by atomic mass is 9.96. The lowest BCUT2D eigenvalue weighted by Crippen LogP contribution is -2.48. The molecule has 0 aliphatic carbocycles. The summed E-state index contributed by atoms with van der Waals surface area (Å²) in [4.78, 5) is 7.15. The number of hydrogen-bond donors (Lipinski definition) is 1. The summed E-state index contributed by atoms with van der Waals surface area (Å²) in [6, 6.07) is 12.1. The second-order valence-corrected chi connectivity index (χ2v) is 9.19. The highest BCUT2D eigenvalue weighted by Crippen LogP contribution is 2.43. The van der Waals surface area contributed by atoms with E-state index in [1.165, 1.54) is 19.6 Å². The van der Waals surface area contributed by atoms with Crippen LogP contribution in [0.1, 0.15) is 17.2 Å². The number of rotatable bonds is 3. The summed E-state index contributed by atoms with van der Waals surface area (Å²) < 4.78 is 15.0. The van der Waals surface area contributed by atoms with Crippen molar-refractivity contribution in [3.63, 3.8) is 0 Å². The zero-order chi connectivity index (χ0) is 18.1. The van der Waals surface area contributed by atoms with Gasteiger partial charge in [0.2, 0.25) is 0 Å². The van der Waals surface area contributed by atoms with E-state index in [9.17, 15) is 9.50 Å². The predicted molar refractivity (Wildman–Crippen MR) is 111 cm³/mol. The van der Waals surface area contributed by atoms with Gasteiger partial charge in [0, 0.05) is 52.1 Å². The van der Waals surface area contributed by atoms with Gasteiger partial charge in [-0.3, -0.25) is 9.80 Å². The van der Waals surface area contributed by atoms with Crippen molar-refractivity contribution in [2.75, 3.05) is 39.3 Å². The second-order valence-electron chi connectivity index (χ2n) is 6.86. The highest BCUT2D eigenvalue weighted by molar-refractivity contribution is 14.1. The molecule has 0 amide bonds. The molecule has 1 unspecified atom stereocenters. The van der Waals surface area contributed by atoms with Crippen molar-refractivity contribution in [2.24, 2.45) is 0 Å². The van der Waals surface area contributed by atoms with Crippen LogP contribution in [0.25, 0.3) is 0 Å². The maximum atomic E-state index is 13.8. The number of β-amino-alcohol motifs (C(OH)–C–C–N with tert-alkyl or cyclic N) is 1. The number of piperazine rings is 1. The Morgan fingerprint density at radius 1 is 1.08 bits per heavy atom. The van der Waals surface area contributed by atoms with Crippen LogP contribution in [0.3, 0.4) is 0 Å².